The van der Waals surface area contributed by atoms with E-state index in [1.54, 1.807) is 13.0 Å². The Balaban J connectivity index is 1.90. The van der Waals surface area contributed by atoms with Crippen LogP contribution in [-0.4, -0.2) is 40.4 Å². The third-order valence-corrected chi connectivity index (χ3v) is 3.25. The van der Waals surface area contributed by atoms with Gasteiger partial charge in [-0.25, -0.2) is 4.98 Å². The van der Waals surface area contributed by atoms with Crippen molar-refractivity contribution in [3.05, 3.63) is 39.6 Å². The largest absolute Gasteiger partial charge is 0.353 e. The maximum atomic E-state index is 11.4. The van der Waals surface area contributed by atoms with Crippen molar-refractivity contribution in [3.63, 3.8) is 0 Å². The highest BCUT2D eigenvalue weighted by Crippen LogP contribution is 2.12. The van der Waals surface area contributed by atoms with Crippen LogP contribution in [0.1, 0.15) is 24.9 Å². The normalized spacial score (nSPS) is 15.8. The van der Waals surface area contributed by atoms with Gasteiger partial charge in [0.1, 0.15) is 5.82 Å². The van der Waals surface area contributed by atoms with E-state index in [1.165, 1.54) is 12.5 Å². The highest BCUT2D eigenvalue weighted by atomic mass is 16.1. The van der Waals surface area contributed by atoms with Gasteiger partial charge >= 0.3 is 0 Å². The number of aryl methyl sites for hydroxylation is 1. The predicted molar refractivity (Wildman–Crippen MR) is 76.3 cm³/mol. The maximum absolute atomic E-state index is 11.4. The number of carbonyl (C=O) groups is 1. The third kappa shape index (κ3) is 4.31. The molecule has 1 aliphatic heterocycles. The maximum Gasteiger partial charge on any atom is 0.251 e. The molecular weight excluding hydrogens is 256 g/mol. The van der Waals surface area contributed by atoms with Gasteiger partial charge in [0, 0.05) is 39.2 Å². The van der Waals surface area contributed by atoms with Crippen LogP contribution in [0.15, 0.2) is 22.5 Å². The molecule has 2 rings (SSSR count). The molecule has 0 saturated carbocycles. The second-order valence-electron chi connectivity index (χ2n) is 5.08. The van der Waals surface area contributed by atoms with Crippen LogP contribution >= 0.6 is 0 Å². The fourth-order valence-corrected chi connectivity index (χ4v) is 2.25. The lowest BCUT2D eigenvalue weighted by Crippen LogP contribution is -2.32. The summed E-state index contributed by atoms with van der Waals surface area (Å²) in [6.45, 7) is 6.35. The molecule has 2 N–H and O–H groups in total. The first-order valence-electron chi connectivity index (χ1n) is 6.74. The minimum atomic E-state index is -0.105. The zero-order valence-electron chi connectivity index (χ0n) is 11.9. The molecule has 0 aromatic carbocycles. The molecule has 0 bridgehead atoms. The Bertz CT molecular complexity index is 577. The minimum Gasteiger partial charge on any atom is -0.353 e. The summed E-state index contributed by atoms with van der Waals surface area (Å²) in [5, 5.41) is 2.81. The van der Waals surface area contributed by atoms with E-state index in [1.807, 2.05) is 0 Å². The van der Waals surface area contributed by atoms with Crippen molar-refractivity contribution < 1.29 is 4.79 Å². The van der Waals surface area contributed by atoms with Crippen LogP contribution in [-0.2, 0) is 11.3 Å². The number of hydrogen-bond donors (Lipinski definition) is 2. The van der Waals surface area contributed by atoms with Gasteiger partial charge in [-0.3, -0.25) is 14.5 Å². The van der Waals surface area contributed by atoms with Crippen LogP contribution in [0, 0.1) is 6.92 Å². The van der Waals surface area contributed by atoms with Gasteiger partial charge in [0.15, 0.2) is 0 Å². The molecule has 0 atom stereocenters. The number of nitrogens with zero attached hydrogens (tertiary/aromatic N) is 2. The van der Waals surface area contributed by atoms with E-state index in [0.29, 0.717) is 18.9 Å². The molecular formula is C14H20N4O2. The summed E-state index contributed by atoms with van der Waals surface area (Å²) in [6, 6.07) is 1.55. The van der Waals surface area contributed by atoms with Crippen molar-refractivity contribution >= 4 is 5.91 Å². The Morgan fingerprint density at radius 2 is 2.35 bits per heavy atom. The van der Waals surface area contributed by atoms with Gasteiger partial charge in [-0.05, 0) is 13.3 Å². The summed E-state index contributed by atoms with van der Waals surface area (Å²) in [5.74, 6) is 0.642. The van der Waals surface area contributed by atoms with Gasteiger partial charge in [0.2, 0.25) is 5.91 Å². The number of amides is 1. The molecule has 0 unspecified atom stereocenters. The molecule has 2 heterocycles. The monoisotopic (exact) mass is 276 g/mol. The smallest absolute Gasteiger partial charge is 0.251 e. The van der Waals surface area contributed by atoms with Crippen LogP contribution in [0.3, 0.4) is 0 Å². The van der Waals surface area contributed by atoms with Crippen molar-refractivity contribution in [2.75, 3.05) is 19.6 Å². The lowest BCUT2D eigenvalue weighted by atomic mass is 10.1. The van der Waals surface area contributed by atoms with Gasteiger partial charge < -0.3 is 10.3 Å². The standard InChI is InChI=1S/C14H20N4O2/c1-10-16-13(7-14(20)17-10)9-18-5-3-12(4-6-18)8-15-11(2)19/h3,7H,4-6,8-9H2,1-2H3,(H,15,19)(H,16,17,20). The second kappa shape index (κ2) is 6.47. The van der Waals surface area contributed by atoms with Crippen molar-refractivity contribution in [1.82, 2.24) is 20.2 Å². The van der Waals surface area contributed by atoms with Gasteiger partial charge in [-0.1, -0.05) is 11.6 Å². The van der Waals surface area contributed by atoms with Crippen molar-refractivity contribution in [2.24, 2.45) is 0 Å². The van der Waals surface area contributed by atoms with E-state index in [4.69, 9.17) is 0 Å². The average molecular weight is 276 g/mol. The highest BCUT2D eigenvalue weighted by molar-refractivity contribution is 5.73. The molecule has 20 heavy (non-hydrogen) atoms. The first-order chi connectivity index (χ1) is 9.52. The lowest BCUT2D eigenvalue weighted by Gasteiger charge is -2.26. The van der Waals surface area contributed by atoms with E-state index in [-0.39, 0.29) is 11.5 Å². The summed E-state index contributed by atoms with van der Waals surface area (Å²) in [6.07, 6.45) is 3.07. The molecule has 1 amide bonds. The van der Waals surface area contributed by atoms with Crippen LogP contribution < -0.4 is 10.9 Å². The summed E-state index contributed by atoms with van der Waals surface area (Å²) in [7, 11) is 0. The number of H-pyrrole nitrogens is 1. The van der Waals surface area contributed by atoms with Crippen LogP contribution in [0.5, 0.6) is 0 Å². The topological polar surface area (TPSA) is 78.1 Å². The summed E-state index contributed by atoms with van der Waals surface area (Å²) in [5.41, 5.74) is 1.95. The number of aromatic nitrogens is 2. The van der Waals surface area contributed by atoms with Crippen molar-refractivity contribution in [3.8, 4) is 0 Å². The molecule has 1 aliphatic rings. The highest BCUT2D eigenvalue weighted by Gasteiger charge is 2.13. The van der Waals surface area contributed by atoms with Crippen molar-refractivity contribution in [2.45, 2.75) is 26.8 Å². The number of hydrogen-bond acceptors (Lipinski definition) is 4. The molecule has 0 radical (unpaired) electrons. The number of carbonyl (C=O) groups excluding carboxylic acids is 1. The van der Waals surface area contributed by atoms with Gasteiger partial charge in [-0.15, -0.1) is 0 Å². The Morgan fingerprint density at radius 3 is 2.95 bits per heavy atom. The zero-order valence-corrected chi connectivity index (χ0v) is 11.9. The van der Waals surface area contributed by atoms with Gasteiger partial charge in [0.25, 0.3) is 5.56 Å². The molecule has 1 aromatic heterocycles. The Kier molecular flexibility index (Phi) is 4.68. The molecule has 0 saturated heterocycles. The predicted octanol–water partition coefficient (Wildman–Crippen LogP) is 0.347. The fourth-order valence-electron chi connectivity index (χ4n) is 2.25. The number of aromatic amines is 1. The molecule has 6 nitrogen and oxygen atoms in total. The van der Waals surface area contributed by atoms with Gasteiger partial charge in [0.05, 0.1) is 5.69 Å². The summed E-state index contributed by atoms with van der Waals surface area (Å²) >= 11 is 0. The van der Waals surface area contributed by atoms with Crippen LogP contribution in [0.2, 0.25) is 0 Å². The van der Waals surface area contributed by atoms with E-state index in [0.717, 1.165) is 25.2 Å². The Hall–Kier alpha value is -1.95. The zero-order chi connectivity index (χ0) is 14.5. The second-order valence-corrected chi connectivity index (χ2v) is 5.08. The van der Waals surface area contributed by atoms with Crippen LogP contribution in [0.25, 0.3) is 0 Å². The van der Waals surface area contributed by atoms with Gasteiger partial charge in [-0.2, -0.15) is 0 Å². The molecule has 6 heteroatoms. The molecule has 0 spiro atoms. The minimum absolute atomic E-state index is 0.00323. The van der Waals surface area contributed by atoms with Crippen LogP contribution in [0.4, 0.5) is 0 Å². The lowest BCUT2D eigenvalue weighted by molar-refractivity contribution is -0.118. The summed E-state index contributed by atoms with van der Waals surface area (Å²) in [4.78, 5) is 31.5. The number of nitrogens with one attached hydrogen (secondary N) is 2. The first-order valence-corrected chi connectivity index (χ1v) is 6.74. The first kappa shape index (κ1) is 14.5. The quantitative estimate of drug-likeness (QED) is 0.778. The Morgan fingerprint density at radius 1 is 1.55 bits per heavy atom. The third-order valence-electron chi connectivity index (χ3n) is 3.25. The van der Waals surface area contributed by atoms with E-state index >= 15 is 0 Å². The van der Waals surface area contributed by atoms with E-state index in [2.05, 4.69) is 26.3 Å². The molecule has 0 fully saturated rings. The molecule has 1 aromatic rings. The average Bonchev–Trinajstić information content (AvgIpc) is 2.36. The van der Waals surface area contributed by atoms with Crippen molar-refractivity contribution in [1.29, 1.82) is 0 Å². The number of rotatable bonds is 4. The Labute approximate surface area is 117 Å². The SMILES string of the molecule is CC(=O)NCC1=CCN(Cc2cc(=O)[nH]c(C)n2)CC1. The summed E-state index contributed by atoms with van der Waals surface area (Å²) < 4.78 is 0. The fraction of sp³-hybridized carbons (Fsp3) is 0.500. The van der Waals surface area contributed by atoms with E-state index in [9.17, 15) is 9.59 Å². The molecule has 0 aliphatic carbocycles. The van der Waals surface area contributed by atoms with E-state index < -0.39 is 0 Å². The molecule has 108 valence electrons.